The second-order valence-electron chi connectivity index (χ2n) is 2.67. The molecule has 1 aromatic rings. The minimum atomic E-state index is -0.174. The van der Waals surface area contributed by atoms with Gasteiger partial charge in [0.1, 0.15) is 12.4 Å². The van der Waals surface area contributed by atoms with Crippen molar-refractivity contribution in [2.75, 3.05) is 6.61 Å². The monoisotopic (exact) mass is 192 g/mol. The summed E-state index contributed by atoms with van der Waals surface area (Å²) in [5.41, 5.74) is -0.174. The quantitative estimate of drug-likeness (QED) is 0.670. The van der Waals surface area contributed by atoms with E-state index in [2.05, 4.69) is 11.8 Å². The van der Waals surface area contributed by atoms with Crippen LogP contribution in [0.5, 0.6) is 5.75 Å². The molecule has 0 saturated carbocycles. The van der Waals surface area contributed by atoms with Crippen molar-refractivity contribution in [2.45, 2.75) is 20.3 Å². The first-order valence-electron chi connectivity index (χ1n) is 4.42. The van der Waals surface area contributed by atoms with E-state index < -0.39 is 0 Å². The number of aryl methyl sites for hydroxylation is 1. The van der Waals surface area contributed by atoms with Crippen LogP contribution >= 0.6 is 0 Å². The van der Waals surface area contributed by atoms with Crippen LogP contribution in [-0.2, 0) is 0 Å². The first-order valence-corrected chi connectivity index (χ1v) is 4.42. The normalized spacial score (nSPS) is 9.00. The maximum absolute atomic E-state index is 11.3. The molecule has 0 aliphatic carbocycles. The zero-order valence-electron chi connectivity index (χ0n) is 8.29. The fourth-order valence-electron chi connectivity index (χ4n) is 0.958. The van der Waals surface area contributed by atoms with E-state index in [0.29, 0.717) is 5.76 Å². The molecule has 0 bridgehead atoms. The molecule has 1 rings (SSSR count). The molecule has 0 aliphatic heterocycles. The molecule has 0 amide bonds. The summed E-state index contributed by atoms with van der Waals surface area (Å²) in [5.74, 6) is 6.37. The molecule has 3 heteroatoms. The molecule has 0 spiro atoms. The zero-order valence-corrected chi connectivity index (χ0v) is 8.29. The molecule has 0 aliphatic rings. The predicted octanol–water partition coefficient (Wildman–Crippen LogP) is 1.74. The van der Waals surface area contributed by atoms with Crippen LogP contribution < -0.4 is 10.2 Å². The minimum Gasteiger partial charge on any atom is -0.473 e. The van der Waals surface area contributed by atoms with Crippen LogP contribution in [0.1, 0.15) is 19.1 Å². The van der Waals surface area contributed by atoms with Crippen molar-refractivity contribution in [1.82, 2.24) is 0 Å². The summed E-state index contributed by atoms with van der Waals surface area (Å²) in [5, 5.41) is 0. The van der Waals surface area contributed by atoms with Crippen molar-refractivity contribution >= 4 is 0 Å². The van der Waals surface area contributed by atoms with Crippen LogP contribution in [0, 0.1) is 18.8 Å². The Bertz CT molecular complexity index is 407. The zero-order chi connectivity index (χ0) is 10.4. The summed E-state index contributed by atoms with van der Waals surface area (Å²) >= 11 is 0. The van der Waals surface area contributed by atoms with Crippen molar-refractivity contribution in [3.8, 4) is 17.6 Å². The topological polar surface area (TPSA) is 39.4 Å². The van der Waals surface area contributed by atoms with E-state index in [9.17, 15) is 4.79 Å². The molecular weight excluding hydrogens is 180 g/mol. The second kappa shape index (κ2) is 5.13. The van der Waals surface area contributed by atoms with Crippen LogP contribution in [0.25, 0.3) is 0 Å². The molecule has 1 aromatic heterocycles. The van der Waals surface area contributed by atoms with E-state index >= 15 is 0 Å². The van der Waals surface area contributed by atoms with Gasteiger partial charge in [-0.2, -0.15) is 0 Å². The maximum Gasteiger partial charge on any atom is 0.227 e. The molecule has 0 saturated heterocycles. The molecule has 0 radical (unpaired) electrons. The van der Waals surface area contributed by atoms with Gasteiger partial charge in [-0.15, -0.1) is 5.92 Å². The van der Waals surface area contributed by atoms with Gasteiger partial charge in [-0.25, -0.2) is 0 Å². The third kappa shape index (κ3) is 2.67. The lowest BCUT2D eigenvalue weighted by Gasteiger charge is -2.02. The van der Waals surface area contributed by atoms with Gasteiger partial charge in [-0.3, -0.25) is 4.79 Å². The molecule has 1 heterocycles. The van der Waals surface area contributed by atoms with Crippen molar-refractivity contribution < 1.29 is 9.15 Å². The lowest BCUT2D eigenvalue weighted by Crippen LogP contribution is -2.08. The van der Waals surface area contributed by atoms with E-state index in [0.717, 1.165) is 6.42 Å². The van der Waals surface area contributed by atoms with Gasteiger partial charge >= 0.3 is 0 Å². The van der Waals surface area contributed by atoms with Gasteiger partial charge < -0.3 is 9.15 Å². The summed E-state index contributed by atoms with van der Waals surface area (Å²) in [4.78, 5) is 11.3. The number of hydrogen-bond acceptors (Lipinski definition) is 3. The average molecular weight is 192 g/mol. The van der Waals surface area contributed by atoms with Gasteiger partial charge in [0.2, 0.25) is 11.2 Å². The van der Waals surface area contributed by atoms with Crippen molar-refractivity contribution in [1.29, 1.82) is 0 Å². The first kappa shape index (κ1) is 10.4. The fourth-order valence-corrected chi connectivity index (χ4v) is 0.958. The standard InChI is InChI=1S/C11H12O3/c1-3-4-5-7-14-11-9(2)13-8-6-10(11)12/h6,8H,3,7H2,1-2H3. The Morgan fingerprint density at radius 2 is 2.29 bits per heavy atom. The Hall–Kier alpha value is -1.69. The van der Waals surface area contributed by atoms with E-state index in [1.807, 2.05) is 6.92 Å². The van der Waals surface area contributed by atoms with Crippen LogP contribution in [0.4, 0.5) is 0 Å². The Kier molecular flexibility index (Phi) is 3.81. The molecule has 3 nitrogen and oxygen atoms in total. The summed E-state index contributed by atoms with van der Waals surface area (Å²) in [7, 11) is 0. The van der Waals surface area contributed by atoms with Crippen LogP contribution in [0.2, 0.25) is 0 Å². The third-order valence-corrected chi connectivity index (χ3v) is 1.60. The third-order valence-electron chi connectivity index (χ3n) is 1.60. The molecule has 0 atom stereocenters. The second-order valence-corrected chi connectivity index (χ2v) is 2.67. The van der Waals surface area contributed by atoms with Gasteiger partial charge in [-0.1, -0.05) is 12.8 Å². The van der Waals surface area contributed by atoms with Crippen LogP contribution in [-0.4, -0.2) is 6.61 Å². The largest absolute Gasteiger partial charge is 0.473 e. The molecule has 0 unspecified atom stereocenters. The molecule has 0 N–H and O–H groups in total. The Morgan fingerprint density at radius 1 is 1.50 bits per heavy atom. The first-order chi connectivity index (χ1) is 6.75. The van der Waals surface area contributed by atoms with Gasteiger partial charge in [0.25, 0.3) is 0 Å². The number of hydrogen-bond donors (Lipinski definition) is 0. The molecule has 74 valence electrons. The summed E-state index contributed by atoms with van der Waals surface area (Å²) in [6.07, 6.45) is 2.13. The van der Waals surface area contributed by atoms with Gasteiger partial charge in [0.05, 0.1) is 6.26 Å². The minimum absolute atomic E-state index is 0.174. The Morgan fingerprint density at radius 3 is 2.93 bits per heavy atom. The van der Waals surface area contributed by atoms with Gasteiger partial charge in [0, 0.05) is 12.5 Å². The average Bonchev–Trinajstić information content (AvgIpc) is 2.16. The van der Waals surface area contributed by atoms with E-state index in [1.54, 1.807) is 6.92 Å². The van der Waals surface area contributed by atoms with Gasteiger partial charge in [-0.05, 0) is 6.92 Å². The summed E-state index contributed by atoms with van der Waals surface area (Å²) in [6.45, 7) is 3.86. The van der Waals surface area contributed by atoms with Crippen molar-refractivity contribution in [2.24, 2.45) is 0 Å². The molecule has 14 heavy (non-hydrogen) atoms. The highest BCUT2D eigenvalue weighted by molar-refractivity contribution is 5.23. The lowest BCUT2D eigenvalue weighted by molar-refractivity contribution is 0.341. The highest BCUT2D eigenvalue weighted by Crippen LogP contribution is 2.09. The van der Waals surface area contributed by atoms with Crippen molar-refractivity contribution in [3.05, 3.63) is 28.3 Å². The smallest absolute Gasteiger partial charge is 0.227 e. The number of rotatable bonds is 2. The van der Waals surface area contributed by atoms with Gasteiger partial charge in [0.15, 0.2) is 0 Å². The fraction of sp³-hybridized carbons (Fsp3) is 0.364. The maximum atomic E-state index is 11.3. The SMILES string of the molecule is CCC#CCOc1c(C)occc1=O. The highest BCUT2D eigenvalue weighted by atomic mass is 16.5. The summed E-state index contributed by atoms with van der Waals surface area (Å²) in [6, 6.07) is 1.33. The highest BCUT2D eigenvalue weighted by Gasteiger charge is 2.04. The van der Waals surface area contributed by atoms with Crippen molar-refractivity contribution in [3.63, 3.8) is 0 Å². The van der Waals surface area contributed by atoms with E-state index in [-0.39, 0.29) is 17.8 Å². The Balaban J connectivity index is 2.72. The Labute approximate surface area is 82.7 Å². The van der Waals surface area contributed by atoms with Crippen LogP contribution in [0.15, 0.2) is 21.5 Å². The van der Waals surface area contributed by atoms with Crippen LogP contribution in [0.3, 0.4) is 0 Å². The lowest BCUT2D eigenvalue weighted by atomic mass is 10.4. The predicted molar refractivity (Wildman–Crippen MR) is 53.3 cm³/mol. The number of ether oxygens (including phenoxy) is 1. The molecular formula is C11H12O3. The molecule has 0 fully saturated rings. The van der Waals surface area contributed by atoms with E-state index in [4.69, 9.17) is 9.15 Å². The summed E-state index contributed by atoms with van der Waals surface area (Å²) < 4.78 is 10.2. The molecule has 0 aromatic carbocycles. The van der Waals surface area contributed by atoms with E-state index in [1.165, 1.54) is 12.3 Å².